The first-order chi connectivity index (χ1) is 16.9. The highest BCUT2D eigenvalue weighted by Gasteiger charge is 2.41. The molecule has 0 saturated carbocycles. The van der Waals surface area contributed by atoms with E-state index in [0.29, 0.717) is 13.0 Å². The number of nitrogens with zero attached hydrogens (tertiary/aromatic N) is 1. The van der Waals surface area contributed by atoms with E-state index in [2.05, 4.69) is 29.4 Å². The molecule has 1 unspecified atom stereocenters. The summed E-state index contributed by atoms with van der Waals surface area (Å²) in [6.45, 7) is 4.88. The number of nitrogens with one attached hydrogen (secondary N) is 2. The molecule has 178 valence electrons. The highest BCUT2D eigenvalue weighted by Crippen LogP contribution is 2.48. The van der Waals surface area contributed by atoms with Crippen LogP contribution in [0.15, 0.2) is 96.2 Å². The van der Waals surface area contributed by atoms with E-state index in [1.54, 1.807) is 0 Å². The molecular weight excluding hydrogens is 434 g/mol. The highest BCUT2D eigenvalue weighted by molar-refractivity contribution is 6.01. The maximum absolute atomic E-state index is 13.6. The van der Waals surface area contributed by atoms with E-state index in [1.165, 1.54) is 0 Å². The van der Waals surface area contributed by atoms with Crippen LogP contribution in [0.25, 0.3) is 0 Å². The topological polar surface area (TPSA) is 61.4 Å². The minimum absolute atomic E-state index is 0.0859. The Morgan fingerprint density at radius 3 is 2.34 bits per heavy atom. The average molecular weight is 466 g/mol. The Labute approximate surface area is 206 Å². The first-order valence-electron chi connectivity index (χ1n) is 12.2. The quantitative estimate of drug-likeness (QED) is 0.513. The van der Waals surface area contributed by atoms with Crippen molar-refractivity contribution in [3.8, 4) is 0 Å². The average Bonchev–Trinajstić information content (AvgIpc) is 2.98. The zero-order valence-electron chi connectivity index (χ0n) is 20.3. The standard InChI is InChI=1S/C30H31N3O2/c1-30(2)17-24-28(26(34)18-30)29(22-13-7-4-8-14-22)33(25-16-10-9-15-23(25)32-24)20-27(35)31-19-21-11-5-3-6-12-21/h3-16,29,32H,17-20H2,1-2H3,(H,31,35). The Kier molecular flexibility index (Phi) is 6.16. The molecule has 0 saturated heterocycles. The predicted molar refractivity (Wildman–Crippen MR) is 140 cm³/mol. The minimum Gasteiger partial charge on any atom is -0.357 e. The number of carbonyl (C=O) groups excluding carboxylic acids is 2. The normalized spacial score (nSPS) is 18.7. The molecule has 1 amide bonds. The summed E-state index contributed by atoms with van der Waals surface area (Å²) in [7, 11) is 0. The number of anilines is 2. The summed E-state index contributed by atoms with van der Waals surface area (Å²) >= 11 is 0. The van der Waals surface area contributed by atoms with E-state index in [0.717, 1.165) is 40.2 Å². The van der Waals surface area contributed by atoms with Crippen LogP contribution in [-0.2, 0) is 16.1 Å². The third-order valence-electron chi connectivity index (χ3n) is 6.77. The van der Waals surface area contributed by atoms with Gasteiger partial charge in [-0.05, 0) is 35.1 Å². The van der Waals surface area contributed by atoms with Gasteiger partial charge in [-0.3, -0.25) is 9.59 Å². The lowest BCUT2D eigenvalue weighted by atomic mass is 9.73. The van der Waals surface area contributed by atoms with Gasteiger partial charge in [0.25, 0.3) is 0 Å². The molecule has 1 atom stereocenters. The summed E-state index contributed by atoms with van der Waals surface area (Å²) in [5.41, 5.74) is 5.48. The van der Waals surface area contributed by atoms with Crippen molar-refractivity contribution in [3.05, 3.63) is 107 Å². The van der Waals surface area contributed by atoms with Crippen molar-refractivity contribution in [1.82, 2.24) is 5.32 Å². The number of ketones is 1. The zero-order valence-corrected chi connectivity index (χ0v) is 20.3. The maximum Gasteiger partial charge on any atom is 0.239 e. The largest absolute Gasteiger partial charge is 0.357 e. The van der Waals surface area contributed by atoms with Crippen LogP contribution >= 0.6 is 0 Å². The van der Waals surface area contributed by atoms with Crippen molar-refractivity contribution < 1.29 is 9.59 Å². The lowest BCUT2D eigenvalue weighted by molar-refractivity contribution is -0.120. The number of amides is 1. The van der Waals surface area contributed by atoms with Crippen LogP contribution in [0.2, 0.25) is 0 Å². The monoisotopic (exact) mass is 465 g/mol. The molecule has 5 heteroatoms. The molecule has 0 fully saturated rings. The van der Waals surface area contributed by atoms with E-state index in [9.17, 15) is 9.59 Å². The molecule has 3 aromatic rings. The number of rotatable bonds is 5. The summed E-state index contributed by atoms with van der Waals surface area (Å²) in [4.78, 5) is 29.0. The number of hydrogen-bond donors (Lipinski definition) is 2. The van der Waals surface area contributed by atoms with Gasteiger partial charge in [-0.25, -0.2) is 0 Å². The van der Waals surface area contributed by atoms with Gasteiger partial charge in [-0.1, -0.05) is 86.6 Å². The number of hydrogen-bond acceptors (Lipinski definition) is 4. The number of Topliss-reactive ketones (excluding diaryl/α,β-unsaturated/α-hetero) is 1. The van der Waals surface area contributed by atoms with Crippen LogP contribution in [-0.4, -0.2) is 18.2 Å². The molecule has 2 N–H and O–H groups in total. The fraction of sp³-hybridized carbons (Fsp3) is 0.267. The van der Waals surface area contributed by atoms with Crippen LogP contribution in [0.3, 0.4) is 0 Å². The van der Waals surface area contributed by atoms with Gasteiger partial charge in [-0.15, -0.1) is 0 Å². The molecule has 5 nitrogen and oxygen atoms in total. The van der Waals surface area contributed by atoms with Crippen LogP contribution in [0.4, 0.5) is 11.4 Å². The molecule has 3 aromatic carbocycles. The molecular formula is C30H31N3O2. The van der Waals surface area contributed by atoms with Gasteiger partial charge in [0.1, 0.15) is 0 Å². The van der Waals surface area contributed by atoms with Gasteiger partial charge in [0.15, 0.2) is 5.78 Å². The van der Waals surface area contributed by atoms with Crippen LogP contribution in [0.5, 0.6) is 0 Å². The second kappa shape index (κ2) is 9.41. The smallest absolute Gasteiger partial charge is 0.239 e. The Morgan fingerprint density at radius 1 is 0.943 bits per heavy atom. The van der Waals surface area contributed by atoms with Gasteiger partial charge in [0.2, 0.25) is 5.91 Å². The molecule has 35 heavy (non-hydrogen) atoms. The molecule has 1 heterocycles. The van der Waals surface area contributed by atoms with Crippen molar-refractivity contribution in [1.29, 1.82) is 0 Å². The van der Waals surface area contributed by atoms with Gasteiger partial charge >= 0.3 is 0 Å². The number of benzene rings is 3. The first-order valence-corrected chi connectivity index (χ1v) is 12.2. The van der Waals surface area contributed by atoms with Crippen molar-refractivity contribution in [3.63, 3.8) is 0 Å². The lowest BCUT2D eigenvalue weighted by Gasteiger charge is -2.37. The van der Waals surface area contributed by atoms with E-state index in [-0.39, 0.29) is 29.7 Å². The van der Waals surface area contributed by atoms with Gasteiger partial charge in [0, 0.05) is 24.2 Å². The summed E-state index contributed by atoms with van der Waals surface area (Å²) in [5.74, 6) is 0.0531. The summed E-state index contributed by atoms with van der Waals surface area (Å²) < 4.78 is 0. The van der Waals surface area contributed by atoms with Crippen LogP contribution in [0.1, 0.15) is 43.9 Å². The molecule has 0 bridgehead atoms. The Balaban J connectivity index is 1.57. The van der Waals surface area contributed by atoms with Crippen LogP contribution in [0, 0.1) is 5.41 Å². The SMILES string of the molecule is CC1(C)CC(=O)C2=C(C1)Nc1ccccc1N(CC(=O)NCc1ccccc1)C2c1ccccc1. The fourth-order valence-electron chi connectivity index (χ4n) is 5.22. The first kappa shape index (κ1) is 22.9. The maximum atomic E-state index is 13.6. The minimum atomic E-state index is -0.353. The summed E-state index contributed by atoms with van der Waals surface area (Å²) in [6, 6.07) is 27.6. The number of fused-ring (bicyclic) bond motifs is 1. The van der Waals surface area contributed by atoms with Crippen molar-refractivity contribution in [2.45, 2.75) is 39.3 Å². The number of para-hydroxylation sites is 2. The Hall–Kier alpha value is -3.86. The summed E-state index contributed by atoms with van der Waals surface area (Å²) in [5, 5.41) is 6.66. The van der Waals surface area contributed by atoms with E-state index in [1.807, 2.05) is 84.9 Å². The zero-order chi connectivity index (χ0) is 24.4. The summed E-state index contributed by atoms with van der Waals surface area (Å²) in [6.07, 6.45) is 1.26. The Bertz CT molecular complexity index is 1270. The third kappa shape index (κ3) is 4.85. The number of allylic oxidation sites excluding steroid dienone is 1. The second-order valence-corrected chi connectivity index (χ2v) is 10.2. The van der Waals surface area contributed by atoms with Crippen LogP contribution < -0.4 is 15.5 Å². The van der Waals surface area contributed by atoms with E-state index >= 15 is 0 Å². The molecule has 1 aliphatic heterocycles. The van der Waals surface area contributed by atoms with Crippen molar-refractivity contribution >= 4 is 23.1 Å². The van der Waals surface area contributed by atoms with Gasteiger partial charge in [-0.2, -0.15) is 0 Å². The molecule has 0 spiro atoms. The molecule has 2 aliphatic rings. The second-order valence-electron chi connectivity index (χ2n) is 10.2. The molecule has 1 aliphatic carbocycles. The third-order valence-corrected chi connectivity index (χ3v) is 6.77. The van der Waals surface area contributed by atoms with Crippen molar-refractivity contribution in [2.24, 2.45) is 5.41 Å². The fourth-order valence-corrected chi connectivity index (χ4v) is 5.22. The number of carbonyl (C=O) groups is 2. The van der Waals surface area contributed by atoms with E-state index < -0.39 is 0 Å². The predicted octanol–water partition coefficient (Wildman–Crippen LogP) is 5.62. The lowest BCUT2D eigenvalue weighted by Crippen LogP contribution is -2.41. The van der Waals surface area contributed by atoms with Crippen molar-refractivity contribution in [2.75, 3.05) is 16.8 Å². The van der Waals surface area contributed by atoms with Gasteiger partial charge in [0.05, 0.1) is 24.0 Å². The molecule has 0 radical (unpaired) electrons. The van der Waals surface area contributed by atoms with E-state index in [4.69, 9.17) is 0 Å². The van der Waals surface area contributed by atoms with Gasteiger partial charge < -0.3 is 15.5 Å². The molecule has 5 rings (SSSR count). The molecule has 0 aromatic heterocycles. The Morgan fingerprint density at radius 2 is 1.60 bits per heavy atom. The highest BCUT2D eigenvalue weighted by atomic mass is 16.2.